The maximum Gasteiger partial charge on any atom is 0.290 e. The largest absolute Gasteiger partial charge is 0.319 e. The molecule has 0 fully saturated rings. The first-order chi connectivity index (χ1) is 16.8. The van der Waals surface area contributed by atoms with Crippen molar-refractivity contribution in [1.82, 2.24) is 40.4 Å². The third kappa shape index (κ3) is 4.61. The van der Waals surface area contributed by atoms with Crippen molar-refractivity contribution >= 4 is 22.8 Å². The van der Waals surface area contributed by atoms with Gasteiger partial charge in [-0.2, -0.15) is 10.3 Å². The van der Waals surface area contributed by atoms with Crippen LogP contribution in [0, 0.1) is 5.41 Å². The van der Waals surface area contributed by atoms with E-state index in [2.05, 4.69) is 75.9 Å². The van der Waals surface area contributed by atoms with Crippen molar-refractivity contribution in [2.45, 2.75) is 38.8 Å². The molecule has 9 nitrogen and oxygen atoms in total. The van der Waals surface area contributed by atoms with Crippen LogP contribution in [0.4, 0.5) is 0 Å². The van der Waals surface area contributed by atoms with Crippen molar-refractivity contribution in [2.24, 2.45) is 5.41 Å². The molecule has 0 saturated carbocycles. The van der Waals surface area contributed by atoms with Gasteiger partial charge in [-0.3, -0.25) is 4.79 Å². The zero-order chi connectivity index (χ0) is 24.6. The summed E-state index contributed by atoms with van der Waals surface area (Å²) in [5, 5.41) is 22.0. The number of aromatic nitrogens is 8. The average molecular weight is 487 g/mol. The van der Waals surface area contributed by atoms with E-state index in [0.717, 1.165) is 39.5 Å². The van der Waals surface area contributed by atoms with Gasteiger partial charge < -0.3 is 4.57 Å². The second-order valence-electron chi connectivity index (χ2n) is 9.59. The zero-order valence-corrected chi connectivity index (χ0v) is 20.8. The maximum atomic E-state index is 12.8. The summed E-state index contributed by atoms with van der Waals surface area (Å²) in [4.78, 5) is 17.7. The summed E-state index contributed by atoms with van der Waals surface area (Å²) in [7, 11) is 0. The predicted molar refractivity (Wildman–Crippen MR) is 137 cm³/mol. The van der Waals surface area contributed by atoms with Crippen molar-refractivity contribution in [3.63, 3.8) is 0 Å². The first kappa shape index (κ1) is 23.0. The Bertz CT molecular complexity index is 1530. The summed E-state index contributed by atoms with van der Waals surface area (Å²) in [6.45, 7) is 7.05. The van der Waals surface area contributed by atoms with Gasteiger partial charge in [0.15, 0.2) is 0 Å². The van der Waals surface area contributed by atoms with Crippen LogP contribution in [0.15, 0.2) is 58.4 Å². The Morgan fingerprint density at radius 2 is 1.74 bits per heavy atom. The molecule has 0 amide bonds. The number of nitrogens with one attached hydrogen (secondary N) is 2. The van der Waals surface area contributed by atoms with Crippen LogP contribution in [0.5, 0.6) is 0 Å². The average Bonchev–Trinajstić information content (AvgIpc) is 3.48. The number of imidazole rings is 1. The molecular formula is C25H26N8OS. The molecule has 2 N–H and O–H groups in total. The van der Waals surface area contributed by atoms with Gasteiger partial charge >= 0.3 is 0 Å². The van der Waals surface area contributed by atoms with Crippen LogP contribution in [0.1, 0.15) is 32.2 Å². The SMILES string of the molecule is CSc1n[nH]c(=O)c2c1nc(CC(C)(C)C)n2Cc1ccc(-c2ccccc2-c2nn[nH]n2)cc1. The molecule has 178 valence electrons. The molecular weight excluding hydrogens is 460 g/mol. The van der Waals surface area contributed by atoms with Crippen LogP contribution in [0.25, 0.3) is 33.5 Å². The van der Waals surface area contributed by atoms with Gasteiger partial charge in [0.2, 0.25) is 5.82 Å². The number of fused-ring (bicyclic) bond motifs is 1. The van der Waals surface area contributed by atoms with E-state index in [4.69, 9.17) is 4.98 Å². The molecule has 0 atom stereocenters. The maximum absolute atomic E-state index is 12.8. The first-order valence-corrected chi connectivity index (χ1v) is 12.5. The predicted octanol–water partition coefficient (Wildman–Crippen LogP) is 4.33. The fourth-order valence-corrected chi connectivity index (χ4v) is 4.66. The number of benzene rings is 2. The monoisotopic (exact) mass is 486 g/mol. The van der Waals surface area contributed by atoms with Crippen LogP contribution in [-0.4, -0.2) is 46.6 Å². The van der Waals surface area contributed by atoms with Gasteiger partial charge in [-0.1, -0.05) is 69.3 Å². The third-order valence-corrected chi connectivity index (χ3v) is 6.40. The van der Waals surface area contributed by atoms with E-state index in [1.54, 1.807) is 0 Å². The van der Waals surface area contributed by atoms with Gasteiger partial charge in [0.05, 0.1) is 0 Å². The topological polar surface area (TPSA) is 118 Å². The number of H-pyrrole nitrogens is 2. The Kier molecular flexibility index (Phi) is 5.98. The van der Waals surface area contributed by atoms with Crippen molar-refractivity contribution < 1.29 is 0 Å². The molecule has 5 aromatic rings. The quantitative estimate of drug-likeness (QED) is 0.343. The Morgan fingerprint density at radius 1 is 1.00 bits per heavy atom. The van der Waals surface area contributed by atoms with E-state index in [9.17, 15) is 4.79 Å². The molecule has 0 bridgehead atoms. The van der Waals surface area contributed by atoms with Crippen LogP contribution in [0.2, 0.25) is 0 Å². The van der Waals surface area contributed by atoms with Crippen molar-refractivity contribution in [2.75, 3.05) is 6.26 Å². The molecule has 0 radical (unpaired) electrons. The highest BCUT2D eigenvalue weighted by molar-refractivity contribution is 7.98. The van der Waals surface area contributed by atoms with Gasteiger partial charge in [0, 0.05) is 18.5 Å². The first-order valence-electron chi connectivity index (χ1n) is 11.3. The van der Waals surface area contributed by atoms with E-state index >= 15 is 0 Å². The van der Waals surface area contributed by atoms with Crippen molar-refractivity contribution in [3.8, 4) is 22.5 Å². The summed E-state index contributed by atoms with van der Waals surface area (Å²) < 4.78 is 2.03. The number of hydrogen-bond donors (Lipinski definition) is 2. The number of tetrazole rings is 1. The number of thioether (sulfide) groups is 1. The summed E-state index contributed by atoms with van der Waals surface area (Å²) in [6, 6.07) is 16.3. The summed E-state index contributed by atoms with van der Waals surface area (Å²) in [5.74, 6) is 1.44. The smallest absolute Gasteiger partial charge is 0.290 e. The second-order valence-corrected chi connectivity index (χ2v) is 10.4. The van der Waals surface area contributed by atoms with Crippen molar-refractivity contribution in [3.05, 3.63) is 70.3 Å². The lowest BCUT2D eigenvalue weighted by molar-refractivity contribution is 0.394. The minimum Gasteiger partial charge on any atom is -0.319 e. The Hall–Kier alpha value is -3.79. The molecule has 0 aliphatic carbocycles. The number of aromatic amines is 2. The fraction of sp³-hybridized carbons (Fsp3) is 0.280. The Morgan fingerprint density at radius 3 is 2.40 bits per heavy atom. The van der Waals surface area contributed by atoms with Gasteiger partial charge in [-0.15, -0.1) is 22.0 Å². The van der Waals surface area contributed by atoms with E-state index in [1.807, 2.05) is 35.1 Å². The van der Waals surface area contributed by atoms with Crippen LogP contribution in [0.3, 0.4) is 0 Å². The molecule has 0 aliphatic rings. The molecule has 0 spiro atoms. The van der Waals surface area contributed by atoms with Gasteiger partial charge in [-0.25, -0.2) is 10.1 Å². The molecule has 35 heavy (non-hydrogen) atoms. The lowest BCUT2D eigenvalue weighted by atomic mass is 9.92. The van der Waals surface area contributed by atoms with Crippen molar-refractivity contribution in [1.29, 1.82) is 0 Å². The highest BCUT2D eigenvalue weighted by Gasteiger charge is 2.22. The molecule has 0 unspecified atom stereocenters. The fourth-order valence-electron chi connectivity index (χ4n) is 4.19. The van der Waals surface area contributed by atoms with Crippen LogP contribution >= 0.6 is 11.8 Å². The van der Waals surface area contributed by atoms with Crippen LogP contribution in [-0.2, 0) is 13.0 Å². The minimum absolute atomic E-state index is 0.0154. The zero-order valence-electron chi connectivity index (χ0n) is 20.0. The summed E-state index contributed by atoms with van der Waals surface area (Å²) >= 11 is 1.48. The number of nitrogens with zero attached hydrogens (tertiary/aromatic N) is 6. The highest BCUT2D eigenvalue weighted by atomic mass is 32.2. The molecule has 3 heterocycles. The molecule has 0 aliphatic heterocycles. The molecule has 10 heteroatoms. The molecule has 5 rings (SSSR count). The number of rotatable bonds is 6. The normalized spacial score (nSPS) is 11.9. The second kappa shape index (κ2) is 9.10. The number of hydrogen-bond acceptors (Lipinski definition) is 7. The van der Waals surface area contributed by atoms with E-state index in [-0.39, 0.29) is 11.0 Å². The molecule has 2 aromatic carbocycles. The Labute approximate surface area is 206 Å². The lowest BCUT2D eigenvalue weighted by Crippen LogP contribution is -2.18. The summed E-state index contributed by atoms with van der Waals surface area (Å²) in [5.41, 5.74) is 5.06. The van der Waals surface area contributed by atoms with E-state index < -0.39 is 0 Å². The third-order valence-electron chi connectivity index (χ3n) is 5.72. The Balaban J connectivity index is 1.54. The van der Waals surface area contributed by atoms with Crippen LogP contribution < -0.4 is 5.56 Å². The standard InChI is InChI=1S/C25H26N8OS/c1-25(2,3)13-19-26-20-21(23(34)29-30-24(20)35-4)33(19)14-15-9-11-16(12-10-15)17-7-5-6-8-18(17)22-27-31-32-28-22/h5-12H,13-14H2,1-4H3,(H,29,34)(H,27,28,31,32). The summed E-state index contributed by atoms with van der Waals surface area (Å²) in [6.07, 6.45) is 2.68. The van der Waals surface area contributed by atoms with Gasteiger partial charge in [0.25, 0.3) is 5.56 Å². The van der Waals surface area contributed by atoms with E-state index in [1.165, 1.54) is 11.8 Å². The molecule has 3 aromatic heterocycles. The van der Waals surface area contributed by atoms with Gasteiger partial charge in [0.1, 0.15) is 21.9 Å². The lowest BCUT2D eigenvalue weighted by Gasteiger charge is -2.19. The van der Waals surface area contributed by atoms with E-state index in [0.29, 0.717) is 23.4 Å². The highest BCUT2D eigenvalue weighted by Crippen LogP contribution is 2.31. The van der Waals surface area contributed by atoms with Gasteiger partial charge in [-0.05, 0) is 33.6 Å². The molecule has 0 saturated heterocycles. The minimum atomic E-state index is -0.226.